The number of hydrogen-bond donors (Lipinski definition) is 2. The molecule has 0 aliphatic carbocycles. The fourth-order valence-electron chi connectivity index (χ4n) is 2.44. The second kappa shape index (κ2) is 11.7. The van der Waals surface area contributed by atoms with Gasteiger partial charge >= 0.3 is 0 Å². The molecular weight excluding hydrogens is 388 g/mol. The van der Waals surface area contributed by atoms with Crippen molar-refractivity contribution in [1.29, 1.82) is 0 Å². The molecular formula is C22H26N2O4S. The summed E-state index contributed by atoms with van der Waals surface area (Å²) < 4.78 is 16.1. The van der Waals surface area contributed by atoms with E-state index in [1.54, 1.807) is 32.4 Å². The number of methoxy groups -OCH3 is 2. The number of thiocarbonyl (C=S) groups is 1. The number of unbranched alkanes of at least 4 members (excludes halogenated alkanes) is 1. The molecule has 2 N–H and O–H groups in total. The minimum absolute atomic E-state index is 0.206. The number of carbonyl (C=O) groups excluding carboxylic acids is 1. The number of hydrogen-bond acceptors (Lipinski definition) is 5. The Morgan fingerprint density at radius 2 is 1.90 bits per heavy atom. The van der Waals surface area contributed by atoms with Gasteiger partial charge in [0, 0.05) is 17.8 Å². The topological polar surface area (TPSA) is 68.8 Å². The third kappa shape index (κ3) is 7.46. The Morgan fingerprint density at radius 1 is 1.10 bits per heavy atom. The molecule has 2 aromatic rings. The van der Waals surface area contributed by atoms with E-state index in [0.717, 1.165) is 29.8 Å². The molecule has 154 valence electrons. The van der Waals surface area contributed by atoms with Gasteiger partial charge in [0.1, 0.15) is 5.75 Å². The molecule has 0 saturated heterocycles. The molecule has 0 radical (unpaired) electrons. The van der Waals surface area contributed by atoms with Crippen LogP contribution in [0.3, 0.4) is 0 Å². The highest BCUT2D eigenvalue weighted by atomic mass is 32.1. The molecule has 0 aromatic heterocycles. The second-order valence-electron chi connectivity index (χ2n) is 6.12. The predicted molar refractivity (Wildman–Crippen MR) is 120 cm³/mol. The lowest BCUT2D eigenvalue weighted by atomic mass is 10.2. The van der Waals surface area contributed by atoms with Crippen LogP contribution in [0, 0.1) is 0 Å². The standard InChI is InChI=1S/C22H26N2O4S/c1-4-5-13-28-18-8-6-7-17(15-18)23-22(29)24-21(25)12-10-16-9-11-19(26-2)20(14-16)27-3/h6-12,14-15H,4-5,13H2,1-3H3,(H2,23,24,25,29)/b12-10+. The molecule has 0 spiro atoms. The quantitative estimate of drug-likeness (QED) is 0.360. The van der Waals surface area contributed by atoms with Crippen molar-refractivity contribution in [1.82, 2.24) is 5.32 Å². The van der Waals surface area contributed by atoms with Crippen molar-refractivity contribution >= 4 is 35.0 Å². The molecule has 0 fully saturated rings. The SMILES string of the molecule is CCCCOc1cccc(NC(=S)NC(=O)/C=C/c2ccc(OC)c(OC)c2)c1. The van der Waals surface area contributed by atoms with Crippen LogP contribution < -0.4 is 24.8 Å². The Bertz CT molecular complexity index is 868. The molecule has 6 nitrogen and oxygen atoms in total. The third-order valence-electron chi connectivity index (χ3n) is 3.93. The van der Waals surface area contributed by atoms with E-state index in [4.69, 9.17) is 26.4 Å². The first-order chi connectivity index (χ1) is 14.0. The zero-order chi connectivity index (χ0) is 21.1. The molecule has 0 aliphatic heterocycles. The van der Waals surface area contributed by atoms with Crippen molar-refractivity contribution < 1.29 is 19.0 Å². The molecule has 2 rings (SSSR count). The molecule has 1 amide bonds. The molecule has 0 heterocycles. The number of rotatable bonds is 9. The Morgan fingerprint density at radius 3 is 2.62 bits per heavy atom. The second-order valence-corrected chi connectivity index (χ2v) is 6.53. The normalized spacial score (nSPS) is 10.4. The van der Waals surface area contributed by atoms with Gasteiger partial charge in [-0.05, 0) is 54.5 Å². The van der Waals surface area contributed by atoms with Gasteiger partial charge in [-0.2, -0.15) is 0 Å². The minimum atomic E-state index is -0.340. The van der Waals surface area contributed by atoms with Gasteiger partial charge in [0.15, 0.2) is 16.6 Å². The van der Waals surface area contributed by atoms with E-state index in [0.29, 0.717) is 18.1 Å². The van der Waals surface area contributed by atoms with E-state index in [1.165, 1.54) is 6.08 Å². The van der Waals surface area contributed by atoms with E-state index in [-0.39, 0.29) is 11.0 Å². The fourth-order valence-corrected chi connectivity index (χ4v) is 2.66. The number of benzene rings is 2. The molecule has 0 atom stereocenters. The van der Waals surface area contributed by atoms with Crippen LogP contribution in [0.1, 0.15) is 25.3 Å². The number of ether oxygens (including phenoxy) is 3. The zero-order valence-electron chi connectivity index (χ0n) is 16.9. The molecule has 0 saturated carbocycles. The van der Waals surface area contributed by atoms with Crippen LogP contribution in [-0.2, 0) is 4.79 Å². The van der Waals surface area contributed by atoms with Gasteiger partial charge in [0.25, 0.3) is 0 Å². The van der Waals surface area contributed by atoms with Crippen LogP contribution in [0.4, 0.5) is 5.69 Å². The maximum atomic E-state index is 12.1. The summed E-state index contributed by atoms with van der Waals surface area (Å²) in [5.74, 6) is 1.63. The van der Waals surface area contributed by atoms with Gasteiger partial charge < -0.3 is 19.5 Å². The van der Waals surface area contributed by atoms with Crippen molar-refractivity contribution in [3.8, 4) is 17.2 Å². The molecule has 0 unspecified atom stereocenters. The monoisotopic (exact) mass is 414 g/mol. The highest BCUT2D eigenvalue weighted by molar-refractivity contribution is 7.80. The van der Waals surface area contributed by atoms with Crippen LogP contribution >= 0.6 is 12.2 Å². The first-order valence-corrected chi connectivity index (χ1v) is 9.71. The van der Waals surface area contributed by atoms with E-state index < -0.39 is 0 Å². The van der Waals surface area contributed by atoms with Crippen molar-refractivity contribution in [2.45, 2.75) is 19.8 Å². The van der Waals surface area contributed by atoms with E-state index in [2.05, 4.69) is 17.6 Å². The third-order valence-corrected chi connectivity index (χ3v) is 4.13. The molecule has 2 aromatic carbocycles. The molecule has 7 heteroatoms. The Hall–Kier alpha value is -3.06. The van der Waals surface area contributed by atoms with Crippen molar-refractivity contribution in [3.63, 3.8) is 0 Å². The Balaban J connectivity index is 1.90. The number of amides is 1. The van der Waals surface area contributed by atoms with Crippen LogP contribution in [-0.4, -0.2) is 31.8 Å². The average molecular weight is 415 g/mol. The lowest BCUT2D eigenvalue weighted by Crippen LogP contribution is -2.32. The highest BCUT2D eigenvalue weighted by Gasteiger charge is 2.05. The number of carbonyl (C=O) groups is 1. The Kier molecular flexibility index (Phi) is 8.98. The minimum Gasteiger partial charge on any atom is -0.494 e. The zero-order valence-corrected chi connectivity index (χ0v) is 17.7. The summed E-state index contributed by atoms with van der Waals surface area (Å²) in [6.07, 6.45) is 5.14. The largest absolute Gasteiger partial charge is 0.494 e. The van der Waals surface area contributed by atoms with Crippen molar-refractivity contribution in [2.75, 3.05) is 26.1 Å². The van der Waals surface area contributed by atoms with Crippen molar-refractivity contribution in [2.24, 2.45) is 0 Å². The van der Waals surface area contributed by atoms with Crippen molar-refractivity contribution in [3.05, 3.63) is 54.1 Å². The maximum Gasteiger partial charge on any atom is 0.250 e. The van der Waals surface area contributed by atoms with E-state index in [1.807, 2.05) is 30.3 Å². The molecule has 0 aliphatic rings. The maximum absolute atomic E-state index is 12.1. The van der Waals surface area contributed by atoms with E-state index in [9.17, 15) is 4.79 Å². The van der Waals surface area contributed by atoms with E-state index >= 15 is 0 Å². The van der Waals surface area contributed by atoms with Crippen LogP contribution in [0.2, 0.25) is 0 Å². The Labute approximate surface area is 176 Å². The number of nitrogens with one attached hydrogen (secondary N) is 2. The predicted octanol–water partition coefficient (Wildman–Crippen LogP) is 4.41. The van der Waals surface area contributed by atoms with Crippen LogP contribution in [0.5, 0.6) is 17.2 Å². The molecule has 29 heavy (non-hydrogen) atoms. The highest BCUT2D eigenvalue weighted by Crippen LogP contribution is 2.27. The average Bonchev–Trinajstić information content (AvgIpc) is 2.72. The summed E-state index contributed by atoms with van der Waals surface area (Å²) in [4.78, 5) is 12.1. The smallest absolute Gasteiger partial charge is 0.250 e. The molecule has 0 bridgehead atoms. The number of anilines is 1. The summed E-state index contributed by atoms with van der Waals surface area (Å²) >= 11 is 5.21. The van der Waals surface area contributed by atoms with Gasteiger partial charge in [-0.1, -0.05) is 25.5 Å². The van der Waals surface area contributed by atoms with Gasteiger partial charge in [0.2, 0.25) is 5.91 Å². The van der Waals surface area contributed by atoms with Gasteiger partial charge in [-0.15, -0.1) is 0 Å². The summed E-state index contributed by atoms with van der Waals surface area (Å²) in [6.45, 7) is 2.78. The summed E-state index contributed by atoms with van der Waals surface area (Å²) in [7, 11) is 3.13. The summed E-state index contributed by atoms with van der Waals surface area (Å²) in [5.41, 5.74) is 1.54. The lowest BCUT2D eigenvalue weighted by molar-refractivity contribution is -0.115. The van der Waals surface area contributed by atoms with Gasteiger partial charge in [-0.25, -0.2) is 0 Å². The first kappa shape index (κ1) is 22.2. The van der Waals surface area contributed by atoms with Crippen LogP contribution in [0.15, 0.2) is 48.5 Å². The van der Waals surface area contributed by atoms with Crippen LogP contribution in [0.25, 0.3) is 6.08 Å². The summed E-state index contributed by atoms with van der Waals surface area (Å²) in [5, 5.41) is 5.81. The fraction of sp³-hybridized carbons (Fsp3) is 0.273. The van der Waals surface area contributed by atoms with Gasteiger partial charge in [0.05, 0.1) is 20.8 Å². The first-order valence-electron chi connectivity index (χ1n) is 9.30. The van der Waals surface area contributed by atoms with Gasteiger partial charge in [-0.3, -0.25) is 10.1 Å². The lowest BCUT2D eigenvalue weighted by Gasteiger charge is -2.10. The summed E-state index contributed by atoms with van der Waals surface area (Å²) in [6, 6.07) is 12.8.